The monoisotopic (exact) mass is 518 g/mol. The molecular formula is C23H23Cl2F3N2O4. The predicted octanol–water partition coefficient (Wildman–Crippen LogP) is 4.37. The number of hydrogen-bond acceptors (Lipinski definition) is 4. The molecular weight excluding hydrogens is 496 g/mol. The summed E-state index contributed by atoms with van der Waals surface area (Å²) in [7, 11) is 0. The van der Waals surface area contributed by atoms with Gasteiger partial charge in [0.05, 0.1) is 16.1 Å². The van der Waals surface area contributed by atoms with Crippen LogP contribution in [0.25, 0.3) is 0 Å². The van der Waals surface area contributed by atoms with E-state index in [2.05, 4.69) is 10.6 Å². The zero-order chi connectivity index (χ0) is 25.5. The third-order valence-electron chi connectivity index (χ3n) is 4.72. The summed E-state index contributed by atoms with van der Waals surface area (Å²) < 4.78 is 44.3. The average molecular weight is 519 g/mol. The lowest BCUT2D eigenvalue weighted by molar-refractivity contribution is -0.175. The number of halogens is 5. The Bertz CT molecular complexity index is 1020. The molecule has 2 aromatic rings. The highest BCUT2D eigenvalue weighted by Crippen LogP contribution is 2.26. The van der Waals surface area contributed by atoms with E-state index >= 15 is 0 Å². The van der Waals surface area contributed by atoms with E-state index in [9.17, 15) is 27.6 Å². The molecule has 34 heavy (non-hydrogen) atoms. The van der Waals surface area contributed by atoms with Gasteiger partial charge in [-0.15, -0.1) is 0 Å². The molecule has 0 aliphatic rings. The fourth-order valence-electron chi connectivity index (χ4n) is 2.98. The predicted molar refractivity (Wildman–Crippen MR) is 122 cm³/mol. The topological polar surface area (TPSA) is 84.5 Å². The van der Waals surface area contributed by atoms with Gasteiger partial charge in [-0.25, -0.2) is 0 Å². The van der Waals surface area contributed by atoms with Crippen LogP contribution in [-0.4, -0.2) is 42.5 Å². The normalized spacial score (nSPS) is 13.2. The second-order valence-electron chi connectivity index (χ2n) is 7.77. The van der Waals surface area contributed by atoms with E-state index in [1.165, 1.54) is 32.0 Å². The van der Waals surface area contributed by atoms with Crippen LogP contribution in [0.3, 0.4) is 0 Å². The van der Waals surface area contributed by atoms with E-state index in [1.54, 1.807) is 30.3 Å². The molecule has 184 valence electrons. The quantitative estimate of drug-likeness (QED) is 0.489. The third-order valence-corrected chi connectivity index (χ3v) is 5.46. The van der Waals surface area contributed by atoms with Gasteiger partial charge in [-0.1, -0.05) is 67.4 Å². The van der Waals surface area contributed by atoms with Gasteiger partial charge in [0.15, 0.2) is 6.61 Å². The number of ketones is 1. The van der Waals surface area contributed by atoms with E-state index < -0.39 is 48.4 Å². The van der Waals surface area contributed by atoms with Crippen molar-refractivity contribution in [3.8, 4) is 5.75 Å². The molecule has 0 radical (unpaired) electrons. The number of rotatable bonds is 10. The van der Waals surface area contributed by atoms with Crippen LogP contribution in [0.2, 0.25) is 10.0 Å². The van der Waals surface area contributed by atoms with Crippen molar-refractivity contribution in [3.63, 3.8) is 0 Å². The van der Waals surface area contributed by atoms with Crippen molar-refractivity contribution < 1.29 is 32.3 Å². The highest BCUT2D eigenvalue weighted by molar-refractivity contribution is 6.42. The third kappa shape index (κ3) is 8.22. The maximum atomic E-state index is 13.0. The van der Waals surface area contributed by atoms with Crippen molar-refractivity contribution in [1.82, 2.24) is 10.6 Å². The first-order valence-corrected chi connectivity index (χ1v) is 11.0. The maximum Gasteiger partial charge on any atom is 0.452 e. The molecule has 0 aromatic heterocycles. The van der Waals surface area contributed by atoms with Crippen LogP contribution >= 0.6 is 23.2 Å². The van der Waals surface area contributed by atoms with Crippen molar-refractivity contribution in [2.75, 3.05) is 6.61 Å². The van der Waals surface area contributed by atoms with Crippen LogP contribution in [0.4, 0.5) is 13.2 Å². The van der Waals surface area contributed by atoms with E-state index in [-0.39, 0.29) is 17.2 Å². The summed E-state index contributed by atoms with van der Waals surface area (Å²) in [6.07, 6.45) is -5.13. The fraction of sp³-hybridized carbons (Fsp3) is 0.348. The number of nitrogens with one attached hydrogen (secondary N) is 2. The SMILES string of the molecule is CC(C)[C@H](NC(=O)[C@H](Cc1ccccc1)NC(=O)COc1ccc(Cl)c(Cl)c1)C(=O)C(F)(F)F. The number of benzene rings is 2. The number of Topliss-reactive ketones (excluding diaryl/α,β-unsaturated/α-hetero) is 1. The number of carbonyl (C=O) groups is 3. The molecule has 0 unspecified atom stereocenters. The molecule has 0 aliphatic heterocycles. The van der Waals surface area contributed by atoms with Gasteiger partial charge < -0.3 is 15.4 Å². The summed E-state index contributed by atoms with van der Waals surface area (Å²) in [4.78, 5) is 37.1. The molecule has 0 heterocycles. The van der Waals surface area contributed by atoms with Gasteiger partial charge in [-0.2, -0.15) is 13.2 Å². The molecule has 0 bridgehead atoms. The van der Waals surface area contributed by atoms with E-state index in [0.29, 0.717) is 10.6 Å². The van der Waals surface area contributed by atoms with Gasteiger partial charge in [0.1, 0.15) is 11.8 Å². The summed E-state index contributed by atoms with van der Waals surface area (Å²) in [5.74, 6) is -4.27. The largest absolute Gasteiger partial charge is 0.484 e. The van der Waals surface area contributed by atoms with Crippen LogP contribution in [0.15, 0.2) is 48.5 Å². The number of hydrogen-bond donors (Lipinski definition) is 2. The first-order chi connectivity index (χ1) is 15.9. The number of carbonyl (C=O) groups excluding carboxylic acids is 3. The van der Waals surface area contributed by atoms with Crippen LogP contribution in [0.1, 0.15) is 19.4 Å². The summed E-state index contributed by atoms with van der Waals surface area (Å²) >= 11 is 11.7. The Morgan fingerprint density at radius 1 is 0.971 bits per heavy atom. The fourth-order valence-corrected chi connectivity index (χ4v) is 3.26. The Labute approximate surface area is 204 Å². The van der Waals surface area contributed by atoms with Gasteiger partial charge in [0.25, 0.3) is 11.7 Å². The minimum atomic E-state index is -5.12. The number of ether oxygens (including phenoxy) is 1. The lowest BCUT2D eigenvalue weighted by atomic mass is 9.98. The molecule has 0 saturated heterocycles. The minimum absolute atomic E-state index is 0.0176. The maximum absolute atomic E-state index is 13.0. The average Bonchev–Trinajstić information content (AvgIpc) is 2.77. The molecule has 11 heteroatoms. The first-order valence-electron chi connectivity index (χ1n) is 10.2. The molecule has 0 saturated carbocycles. The molecule has 0 spiro atoms. The molecule has 0 fully saturated rings. The van der Waals surface area contributed by atoms with Crippen LogP contribution in [0.5, 0.6) is 5.75 Å². The van der Waals surface area contributed by atoms with Crippen LogP contribution < -0.4 is 15.4 Å². The molecule has 2 N–H and O–H groups in total. The molecule has 2 amide bonds. The molecule has 2 rings (SSSR count). The summed E-state index contributed by atoms with van der Waals surface area (Å²) in [6.45, 7) is 2.26. The number of alkyl halides is 3. The zero-order valence-electron chi connectivity index (χ0n) is 18.3. The summed E-state index contributed by atoms with van der Waals surface area (Å²) in [6, 6.07) is 9.88. The van der Waals surface area contributed by atoms with E-state index in [1.807, 2.05) is 0 Å². The Morgan fingerprint density at radius 2 is 1.62 bits per heavy atom. The lowest BCUT2D eigenvalue weighted by Gasteiger charge is -2.25. The van der Waals surface area contributed by atoms with Crippen molar-refractivity contribution in [2.24, 2.45) is 5.92 Å². The second-order valence-corrected chi connectivity index (χ2v) is 8.58. The van der Waals surface area contributed by atoms with Crippen molar-refractivity contribution >= 4 is 40.8 Å². The highest BCUT2D eigenvalue weighted by Gasteiger charge is 2.45. The number of amides is 2. The van der Waals surface area contributed by atoms with Crippen molar-refractivity contribution in [2.45, 2.75) is 38.5 Å². The van der Waals surface area contributed by atoms with Crippen molar-refractivity contribution in [3.05, 3.63) is 64.1 Å². The Kier molecular flexibility index (Phi) is 9.76. The second kappa shape index (κ2) is 12.1. The summed E-state index contributed by atoms with van der Waals surface area (Å²) in [5.41, 5.74) is 0.650. The minimum Gasteiger partial charge on any atom is -0.484 e. The van der Waals surface area contributed by atoms with Gasteiger partial charge in [-0.3, -0.25) is 14.4 Å². The highest BCUT2D eigenvalue weighted by atomic mass is 35.5. The van der Waals surface area contributed by atoms with E-state index in [4.69, 9.17) is 27.9 Å². The standard InChI is InChI=1S/C23H23Cl2F3N2O4/c1-13(2)20(21(32)23(26,27)28)30-22(33)18(10-14-6-4-3-5-7-14)29-19(31)12-34-15-8-9-16(24)17(25)11-15/h3-9,11,13,18,20H,10,12H2,1-2H3,(H,29,31)(H,30,33)/t18-,20-/m0/s1. The lowest BCUT2D eigenvalue weighted by Crippen LogP contribution is -2.56. The van der Waals surface area contributed by atoms with Gasteiger partial charge in [0.2, 0.25) is 5.91 Å². The van der Waals surface area contributed by atoms with Gasteiger partial charge in [-0.05, 0) is 23.6 Å². The molecule has 2 aromatic carbocycles. The zero-order valence-corrected chi connectivity index (χ0v) is 19.8. The smallest absolute Gasteiger partial charge is 0.452 e. The summed E-state index contributed by atoms with van der Waals surface area (Å²) in [5, 5.41) is 5.11. The van der Waals surface area contributed by atoms with Crippen LogP contribution in [-0.2, 0) is 20.8 Å². The Balaban J connectivity index is 2.14. The molecule has 2 atom stereocenters. The van der Waals surface area contributed by atoms with Gasteiger partial charge in [0, 0.05) is 12.5 Å². The Hall–Kier alpha value is -2.78. The molecule has 6 nitrogen and oxygen atoms in total. The van der Waals surface area contributed by atoms with Gasteiger partial charge >= 0.3 is 6.18 Å². The van der Waals surface area contributed by atoms with Crippen molar-refractivity contribution in [1.29, 1.82) is 0 Å². The first kappa shape index (κ1) is 27.5. The van der Waals surface area contributed by atoms with E-state index in [0.717, 1.165) is 0 Å². The van der Waals surface area contributed by atoms with Crippen LogP contribution in [0, 0.1) is 5.92 Å². The Morgan fingerprint density at radius 3 is 2.18 bits per heavy atom. The molecule has 0 aliphatic carbocycles.